The van der Waals surface area contributed by atoms with E-state index in [-0.39, 0.29) is 5.91 Å². The minimum absolute atomic E-state index is 0.311. The number of pyridine rings is 1. The molecule has 1 N–H and O–H groups in total. The zero-order valence-corrected chi connectivity index (χ0v) is 17.7. The van der Waals surface area contributed by atoms with Gasteiger partial charge in [-0.25, -0.2) is 5.43 Å². The predicted octanol–water partition coefficient (Wildman–Crippen LogP) is 5.13. The third-order valence-electron chi connectivity index (χ3n) is 3.93. The van der Waals surface area contributed by atoms with E-state index >= 15 is 0 Å². The molecule has 30 heavy (non-hydrogen) atoms. The summed E-state index contributed by atoms with van der Waals surface area (Å²) in [5.41, 5.74) is 4.45. The third kappa shape index (κ3) is 5.95. The van der Waals surface area contributed by atoms with E-state index in [0.29, 0.717) is 45.9 Å². The molecule has 1 aromatic heterocycles. The molecule has 0 fully saturated rings. The van der Waals surface area contributed by atoms with Crippen molar-refractivity contribution in [2.24, 2.45) is 5.10 Å². The van der Waals surface area contributed by atoms with Gasteiger partial charge in [-0.15, -0.1) is 0 Å². The maximum atomic E-state index is 12.0. The Labute approximate surface area is 184 Å². The van der Waals surface area contributed by atoms with Crippen molar-refractivity contribution in [2.45, 2.75) is 13.5 Å². The molecule has 8 heteroatoms. The highest BCUT2D eigenvalue weighted by atomic mass is 35.5. The summed E-state index contributed by atoms with van der Waals surface area (Å²) in [6.07, 6.45) is 4.53. The highest BCUT2D eigenvalue weighted by Gasteiger charge is 2.13. The molecule has 0 aliphatic heterocycles. The van der Waals surface area contributed by atoms with Crippen LogP contribution in [0.4, 0.5) is 0 Å². The van der Waals surface area contributed by atoms with Crippen LogP contribution in [0.5, 0.6) is 11.5 Å². The fourth-order valence-electron chi connectivity index (χ4n) is 2.53. The maximum absolute atomic E-state index is 12.0. The second kappa shape index (κ2) is 10.6. The monoisotopic (exact) mass is 443 g/mol. The number of halogens is 2. The second-order valence-corrected chi connectivity index (χ2v) is 6.96. The Kier molecular flexibility index (Phi) is 7.65. The average molecular weight is 444 g/mol. The number of hydrazone groups is 1. The lowest BCUT2D eigenvalue weighted by Crippen LogP contribution is -2.17. The molecule has 3 rings (SSSR count). The van der Waals surface area contributed by atoms with E-state index in [1.54, 1.807) is 42.6 Å². The van der Waals surface area contributed by atoms with Gasteiger partial charge in [0.05, 0.1) is 23.4 Å². The van der Waals surface area contributed by atoms with Gasteiger partial charge in [0.15, 0.2) is 11.5 Å². The minimum atomic E-state index is -0.363. The standard InChI is InChI=1S/C22H19Cl2N3O3/c1-2-29-20-11-16(12-26-27-22(28)17-4-3-9-25-13-17)10-19(24)21(20)30-14-15-5-7-18(23)8-6-15/h3-13H,2,14H2,1H3,(H,27,28). The summed E-state index contributed by atoms with van der Waals surface area (Å²) >= 11 is 12.3. The number of carbonyl (C=O) groups excluding carboxylic acids is 1. The molecule has 0 spiro atoms. The summed E-state index contributed by atoms with van der Waals surface area (Å²) in [4.78, 5) is 15.9. The number of amides is 1. The van der Waals surface area contributed by atoms with Crippen LogP contribution in [0.1, 0.15) is 28.4 Å². The van der Waals surface area contributed by atoms with Crippen molar-refractivity contribution in [1.82, 2.24) is 10.4 Å². The van der Waals surface area contributed by atoms with E-state index in [4.69, 9.17) is 32.7 Å². The maximum Gasteiger partial charge on any atom is 0.272 e. The van der Waals surface area contributed by atoms with Crippen LogP contribution in [0.25, 0.3) is 0 Å². The topological polar surface area (TPSA) is 72.8 Å². The lowest BCUT2D eigenvalue weighted by Gasteiger charge is -2.14. The SMILES string of the molecule is CCOc1cc(C=NNC(=O)c2cccnc2)cc(Cl)c1OCc1ccc(Cl)cc1. The Morgan fingerprint density at radius 3 is 2.67 bits per heavy atom. The number of ether oxygens (including phenoxy) is 2. The van der Waals surface area contributed by atoms with Gasteiger partial charge >= 0.3 is 0 Å². The van der Waals surface area contributed by atoms with Crippen LogP contribution in [0, 0.1) is 0 Å². The van der Waals surface area contributed by atoms with Gasteiger partial charge in [-0.2, -0.15) is 5.10 Å². The van der Waals surface area contributed by atoms with E-state index in [1.165, 1.54) is 12.4 Å². The quantitative estimate of drug-likeness (QED) is 0.386. The Morgan fingerprint density at radius 2 is 1.97 bits per heavy atom. The van der Waals surface area contributed by atoms with Crippen LogP contribution in [0.3, 0.4) is 0 Å². The molecule has 0 saturated carbocycles. The van der Waals surface area contributed by atoms with Crippen LogP contribution in [0.15, 0.2) is 66.0 Å². The Bertz CT molecular complexity index is 1030. The molecular weight excluding hydrogens is 425 g/mol. The van der Waals surface area contributed by atoms with Crippen LogP contribution in [-0.4, -0.2) is 23.7 Å². The number of nitrogens with one attached hydrogen (secondary N) is 1. The largest absolute Gasteiger partial charge is 0.490 e. The van der Waals surface area contributed by atoms with Gasteiger partial charge < -0.3 is 9.47 Å². The van der Waals surface area contributed by atoms with E-state index < -0.39 is 0 Å². The molecule has 2 aromatic carbocycles. The number of hydrogen-bond donors (Lipinski definition) is 1. The highest BCUT2D eigenvalue weighted by Crippen LogP contribution is 2.37. The summed E-state index contributed by atoms with van der Waals surface area (Å²) in [5, 5.41) is 5.00. The highest BCUT2D eigenvalue weighted by molar-refractivity contribution is 6.32. The fourth-order valence-corrected chi connectivity index (χ4v) is 2.93. The van der Waals surface area contributed by atoms with Gasteiger partial charge in [0.2, 0.25) is 0 Å². The van der Waals surface area contributed by atoms with Crippen molar-refractivity contribution in [3.05, 3.63) is 87.7 Å². The normalized spacial score (nSPS) is 10.8. The van der Waals surface area contributed by atoms with Crippen LogP contribution < -0.4 is 14.9 Å². The van der Waals surface area contributed by atoms with Gasteiger partial charge in [0.1, 0.15) is 6.61 Å². The van der Waals surface area contributed by atoms with Crippen molar-refractivity contribution in [3.63, 3.8) is 0 Å². The van der Waals surface area contributed by atoms with E-state index in [1.807, 2.05) is 19.1 Å². The van der Waals surface area contributed by atoms with Crippen molar-refractivity contribution < 1.29 is 14.3 Å². The lowest BCUT2D eigenvalue weighted by atomic mass is 10.2. The molecule has 1 amide bonds. The van der Waals surface area contributed by atoms with Crippen molar-refractivity contribution >= 4 is 35.3 Å². The van der Waals surface area contributed by atoms with E-state index in [2.05, 4.69) is 15.5 Å². The van der Waals surface area contributed by atoms with Crippen molar-refractivity contribution in [2.75, 3.05) is 6.61 Å². The first-order valence-corrected chi connectivity index (χ1v) is 9.89. The predicted molar refractivity (Wildman–Crippen MR) is 118 cm³/mol. The second-order valence-electron chi connectivity index (χ2n) is 6.12. The van der Waals surface area contributed by atoms with Gasteiger partial charge in [-0.1, -0.05) is 35.3 Å². The summed E-state index contributed by atoms with van der Waals surface area (Å²) in [5.74, 6) is 0.558. The number of carbonyl (C=O) groups is 1. The van der Waals surface area contributed by atoms with Gasteiger partial charge in [-0.05, 0) is 54.4 Å². The number of hydrogen-bond acceptors (Lipinski definition) is 5. The van der Waals surface area contributed by atoms with Crippen molar-refractivity contribution in [3.8, 4) is 11.5 Å². The Hall–Kier alpha value is -3.09. The molecule has 0 saturated heterocycles. The summed E-state index contributed by atoms with van der Waals surface area (Å²) in [6.45, 7) is 2.61. The molecule has 1 heterocycles. The molecule has 0 atom stereocenters. The van der Waals surface area contributed by atoms with Crippen LogP contribution in [-0.2, 0) is 6.61 Å². The molecule has 0 aliphatic carbocycles. The molecular formula is C22H19Cl2N3O3. The first-order chi connectivity index (χ1) is 14.6. The summed E-state index contributed by atoms with van der Waals surface area (Å²) < 4.78 is 11.6. The smallest absolute Gasteiger partial charge is 0.272 e. The number of rotatable bonds is 8. The molecule has 0 bridgehead atoms. The average Bonchev–Trinajstić information content (AvgIpc) is 2.75. The number of aromatic nitrogens is 1. The van der Waals surface area contributed by atoms with E-state index in [0.717, 1.165) is 5.56 Å². The van der Waals surface area contributed by atoms with E-state index in [9.17, 15) is 4.79 Å². The summed E-state index contributed by atoms with van der Waals surface area (Å²) in [7, 11) is 0. The zero-order chi connectivity index (χ0) is 21.3. The zero-order valence-electron chi connectivity index (χ0n) is 16.1. The molecule has 0 aliphatic rings. The number of benzene rings is 2. The first kappa shape index (κ1) is 21.6. The fraction of sp³-hybridized carbons (Fsp3) is 0.136. The lowest BCUT2D eigenvalue weighted by molar-refractivity contribution is 0.0955. The molecule has 6 nitrogen and oxygen atoms in total. The van der Waals surface area contributed by atoms with Crippen molar-refractivity contribution in [1.29, 1.82) is 0 Å². The summed E-state index contributed by atoms with van der Waals surface area (Å²) in [6, 6.07) is 14.1. The molecule has 0 radical (unpaired) electrons. The first-order valence-electron chi connectivity index (χ1n) is 9.14. The Morgan fingerprint density at radius 1 is 1.17 bits per heavy atom. The van der Waals surface area contributed by atoms with Gasteiger partial charge in [0.25, 0.3) is 5.91 Å². The molecule has 154 valence electrons. The molecule has 3 aromatic rings. The van der Waals surface area contributed by atoms with Gasteiger partial charge in [0, 0.05) is 17.4 Å². The number of nitrogens with zero attached hydrogens (tertiary/aromatic N) is 2. The van der Waals surface area contributed by atoms with Gasteiger partial charge in [-0.3, -0.25) is 9.78 Å². The Balaban J connectivity index is 1.71. The van der Waals surface area contributed by atoms with Crippen LogP contribution in [0.2, 0.25) is 10.0 Å². The van der Waals surface area contributed by atoms with Crippen LogP contribution >= 0.6 is 23.2 Å². The minimum Gasteiger partial charge on any atom is -0.490 e. The molecule has 0 unspecified atom stereocenters. The third-order valence-corrected chi connectivity index (χ3v) is 4.46.